The molecule has 1 saturated carbocycles. The molecule has 0 spiro atoms. The lowest BCUT2D eigenvalue weighted by molar-refractivity contribution is -0.138. The van der Waals surface area contributed by atoms with Gasteiger partial charge in [0.05, 0.1) is 5.56 Å². The molecular formula is C19H22F3N5O. The zero-order valence-electron chi connectivity index (χ0n) is 15.3. The molecule has 0 radical (unpaired) electrons. The van der Waals surface area contributed by atoms with Gasteiger partial charge in [-0.3, -0.25) is 5.41 Å². The average Bonchev–Trinajstić information content (AvgIpc) is 3.13. The van der Waals surface area contributed by atoms with Crippen LogP contribution in [0.1, 0.15) is 55.2 Å². The lowest BCUT2D eigenvalue weighted by atomic mass is 9.98. The fourth-order valence-electron chi connectivity index (χ4n) is 3.76. The van der Waals surface area contributed by atoms with Crippen LogP contribution >= 0.6 is 0 Å². The number of hydrogen-bond donors (Lipinski definition) is 2. The molecule has 3 N–H and O–H groups in total. The SMILES string of the molecule is N=C(N)N1CCC[C@H]1c1nc(-c2ccc(CCC3CC3)c(C(F)(F)F)c2)no1. The van der Waals surface area contributed by atoms with Gasteiger partial charge in [0, 0.05) is 12.1 Å². The fraction of sp³-hybridized carbons (Fsp3) is 0.526. The first kappa shape index (κ1) is 18.8. The Morgan fingerprint density at radius 3 is 2.75 bits per heavy atom. The molecule has 150 valence electrons. The maximum Gasteiger partial charge on any atom is 0.416 e. The van der Waals surface area contributed by atoms with Gasteiger partial charge in [-0.1, -0.05) is 30.1 Å². The number of benzene rings is 1. The molecule has 2 heterocycles. The molecule has 1 aliphatic carbocycles. The van der Waals surface area contributed by atoms with E-state index in [4.69, 9.17) is 15.7 Å². The number of aryl methyl sites for hydroxylation is 1. The highest BCUT2D eigenvalue weighted by atomic mass is 19.4. The smallest absolute Gasteiger partial charge is 0.370 e. The Labute approximate surface area is 160 Å². The Bertz CT molecular complexity index is 875. The first-order chi connectivity index (χ1) is 13.3. The van der Waals surface area contributed by atoms with E-state index < -0.39 is 11.7 Å². The van der Waals surface area contributed by atoms with E-state index in [0.29, 0.717) is 30.9 Å². The van der Waals surface area contributed by atoms with Crippen LogP contribution in [0.2, 0.25) is 0 Å². The minimum atomic E-state index is -4.43. The molecule has 1 aliphatic heterocycles. The summed E-state index contributed by atoms with van der Waals surface area (Å²) in [7, 11) is 0. The number of likely N-dealkylation sites (tertiary alicyclic amines) is 1. The Morgan fingerprint density at radius 2 is 2.07 bits per heavy atom. The van der Waals surface area contributed by atoms with Gasteiger partial charge in [-0.25, -0.2) is 0 Å². The number of nitrogens with one attached hydrogen (secondary N) is 1. The second kappa shape index (κ2) is 7.10. The predicted octanol–water partition coefficient (Wildman–Crippen LogP) is 4.13. The number of halogens is 3. The Balaban J connectivity index is 1.60. The van der Waals surface area contributed by atoms with E-state index in [1.54, 1.807) is 11.0 Å². The van der Waals surface area contributed by atoms with Crippen molar-refractivity contribution in [3.05, 3.63) is 35.2 Å². The summed E-state index contributed by atoms with van der Waals surface area (Å²) in [6.07, 6.45) is 0.542. The zero-order valence-corrected chi connectivity index (χ0v) is 15.3. The maximum atomic E-state index is 13.6. The Hall–Kier alpha value is -2.58. The lowest BCUT2D eigenvalue weighted by Gasteiger charge is -2.21. The van der Waals surface area contributed by atoms with Crippen molar-refractivity contribution in [3.8, 4) is 11.4 Å². The van der Waals surface area contributed by atoms with Gasteiger partial charge in [0.2, 0.25) is 11.7 Å². The van der Waals surface area contributed by atoms with Crippen LogP contribution in [0.5, 0.6) is 0 Å². The standard InChI is InChI=1S/C19H22F3N5O/c20-19(21,22)14-10-13(8-7-12(14)6-5-11-3-4-11)16-25-17(28-26-16)15-2-1-9-27(15)18(23)24/h7-8,10-11,15H,1-6,9H2,(H3,23,24)/t15-/m0/s1. The van der Waals surface area contributed by atoms with E-state index in [1.807, 2.05) is 0 Å². The van der Waals surface area contributed by atoms with Gasteiger partial charge in [-0.15, -0.1) is 0 Å². The monoisotopic (exact) mass is 393 g/mol. The van der Waals surface area contributed by atoms with Crippen LogP contribution in [0.15, 0.2) is 22.7 Å². The van der Waals surface area contributed by atoms with E-state index in [1.165, 1.54) is 6.07 Å². The molecule has 4 rings (SSSR count). The molecule has 2 aromatic rings. The molecule has 0 bridgehead atoms. The number of rotatable bonds is 5. The molecule has 1 aromatic heterocycles. The number of nitrogens with zero attached hydrogens (tertiary/aromatic N) is 3. The van der Waals surface area contributed by atoms with Gasteiger partial charge in [0.15, 0.2) is 5.96 Å². The zero-order chi connectivity index (χ0) is 19.9. The number of hydrogen-bond acceptors (Lipinski definition) is 4. The summed E-state index contributed by atoms with van der Waals surface area (Å²) in [5, 5.41) is 11.5. The van der Waals surface area contributed by atoms with Gasteiger partial charge < -0.3 is 15.2 Å². The van der Waals surface area contributed by atoms with Crippen LogP contribution in [-0.2, 0) is 12.6 Å². The van der Waals surface area contributed by atoms with Crippen molar-refractivity contribution in [2.75, 3.05) is 6.54 Å². The van der Waals surface area contributed by atoms with Crippen LogP contribution in [0, 0.1) is 11.3 Å². The highest BCUT2D eigenvalue weighted by Gasteiger charge is 2.35. The van der Waals surface area contributed by atoms with Crippen molar-refractivity contribution in [2.24, 2.45) is 11.7 Å². The number of guanidine groups is 1. The predicted molar refractivity (Wildman–Crippen MR) is 96.4 cm³/mol. The highest BCUT2D eigenvalue weighted by Crippen LogP contribution is 2.38. The first-order valence-electron chi connectivity index (χ1n) is 9.47. The van der Waals surface area contributed by atoms with Gasteiger partial charge >= 0.3 is 6.18 Å². The summed E-state index contributed by atoms with van der Waals surface area (Å²) in [5.41, 5.74) is 5.52. The Morgan fingerprint density at radius 1 is 1.29 bits per heavy atom. The minimum Gasteiger partial charge on any atom is -0.370 e. The molecule has 1 aromatic carbocycles. The summed E-state index contributed by atoms with van der Waals surface area (Å²) >= 11 is 0. The molecule has 0 amide bonds. The van der Waals surface area contributed by atoms with Crippen LogP contribution in [0.3, 0.4) is 0 Å². The van der Waals surface area contributed by atoms with Crippen LogP contribution < -0.4 is 5.73 Å². The van der Waals surface area contributed by atoms with Crippen LogP contribution in [0.25, 0.3) is 11.4 Å². The van der Waals surface area contributed by atoms with Crippen molar-refractivity contribution >= 4 is 5.96 Å². The van der Waals surface area contributed by atoms with E-state index in [9.17, 15) is 13.2 Å². The van der Waals surface area contributed by atoms with Gasteiger partial charge in [-0.05, 0) is 43.2 Å². The van der Waals surface area contributed by atoms with E-state index in [-0.39, 0.29) is 29.3 Å². The summed E-state index contributed by atoms with van der Waals surface area (Å²) in [6.45, 7) is 0.617. The Kier molecular flexibility index (Phi) is 4.76. The van der Waals surface area contributed by atoms with Crippen LogP contribution in [0.4, 0.5) is 13.2 Å². The van der Waals surface area contributed by atoms with Gasteiger partial charge in [-0.2, -0.15) is 18.2 Å². The topological polar surface area (TPSA) is 92.0 Å². The second-order valence-electron chi connectivity index (χ2n) is 7.54. The summed E-state index contributed by atoms with van der Waals surface area (Å²) in [6, 6.07) is 3.94. The number of aromatic nitrogens is 2. The molecular weight excluding hydrogens is 371 g/mol. The van der Waals surface area contributed by atoms with Gasteiger partial charge in [0.1, 0.15) is 6.04 Å². The third-order valence-corrected chi connectivity index (χ3v) is 5.48. The number of alkyl halides is 3. The highest BCUT2D eigenvalue weighted by molar-refractivity contribution is 5.75. The summed E-state index contributed by atoms with van der Waals surface area (Å²) in [4.78, 5) is 5.95. The second-order valence-corrected chi connectivity index (χ2v) is 7.54. The van der Waals surface area contributed by atoms with Crippen molar-refractivity contribution < 1.29 is 17.7 Å². The molecule has 2 aliphatic rings. The van der Waals surface area contributed by atoms with Crippen molar-refractivity contribution in [2.45, 2.75) is 50.7 Å². The first-order valence-corrected chi connectivity index (χ1v) is 9.47. The minimum absolute atomic E-state index is 0.0818. The molecule has 2 fully saturated rings. The van der Waals surface area contributed by atoms with Gasteiger partial charge in [0.25, 0.3) is 0 Å². The van der Waals surface area contributed by atoms with E-state index in [2.05, 4.69) is 10.1 Å². The van der Waals surface area contributed by atoms with E-state index >= 15 is 0 Å². The third kappa shape index (κ3) is 3.83. The largest absolute Gasteiger partial charge is 0.416 e. The molecule has 1 saturated heterocycles. The molecule has 9 heteroatoms. The maximum absolute atomic E-state index is 13.6. The van der Waals surface area contributed by atoms with Crippen molar-refractivity contribution in [3.63, 3.8) is 0 Å². The lowest BCUT2D eigenvalue weighted by Crippen LogP contribution is -2.35. The molecule has 6 nitrogen and oxygen atoms in total. The van der Waals surface area contributed by atoms with Crippen LogP contribution in [-0.4, -0.2) is 27.5 Å². The number of nitrogens with two attached hydrogens (primary N) is 1. The summed E-state index contributed by atoms with van der Waals surface area (Å²) < 4.78 is 46.0. The quantitative estimate of drug-likeness (QED) is 0.589. The third-order valence-electron chi connectivity index (χ3n) is 5.48. The van der Waals surface area contributed by atoms with Crippen molar-refractivity contribution in [1.29, 1.82) is 5.41 Å². The average molecular weight is 393 g/mol. The molecule has 28 heavy (non-hydrogen) atoms. The molecule has 0 unspecified atom stereocenters. The summed E-state index contributed by atoms with van der Waals surface area (Å²) in [5.74, 6) is 0.872. The normalized spacial score (nSPS) is 20.0. The van der Waals surface area contributed by atoms with E-state index in [0.717, 1.165) is 31.7 Å². The van der Waals surface area contributed by atoms with Crippen molar-refractivity contribution in [1.82, 2.24) is 15.0 Å². The molecule has 1 atom stereocenters. The fourth-order valence-corrected chi connectivity index (χ4v) is 3.76.